The lowest BCUT2D eigenvalue weighted by atomic mass is 10.2. The third kappa shape index (κ3) is 3.41. The normalized spacial score (nSPS) is 10.5. The average Bonchev–Trinajstić information content (AvgIpc) is 2.79. The van der Waals surface area contributed by atoms with Crippen LogP contribution < -0.4 is 5.32 Å². The van der Waals surface area contributed by atoms with Crippen molar-refractivity contribution in [2.75, 3.05) is 0 Å². The fourth-order valence-corrected chi connectivity index (χ4v) is 2.88. The van der Waals surface area contributed by atoms with E-state index in [1.807, 2.05) is 13.0 Å². The molecule has 0 spiro atoms. The number of hydrogen-bond acceptors (Lipinski definition) is 2. The molecule has 100 valence electrons. The first-order valence-electron chi connectivity index (χ1n) is 6.22. The number of nitrogens with one attached hydrogen (secondary N) is 1. The third-order valence-electron chi connectivity index (χ3n) is 2.93. The zero-order valence-electron chi connectivity index (χ0n) is 11.0. The Morgan fingerprint density at radius 1 is 1.32 bits per heavy atom. The Hall–Kier alpha value is -1.68. The van der Waals surface area contributed by atoms with Gasteiger partial charge in [0.15, 0.2) is 0 Å². The second-order valence-electron chi connectivity index (χ2n) is 4.38. The van der Waals surface area contributed by atoms with Crippen LogP contribution in [0, 0.1) is 12.7 Å². The SMILES string of the molecule is CCc1sc(C(=O)NCc2ccc(F)cc2)cc1C. The number of hydrogen-bond donors (Lipinski definition) is 1. The molecule has 0 fully saturated rings. The Morgan fingerprint density at radius 3 is 2.58 bits per heavy atom. The minimum Gasteiger partial charge on any atom is -0.347 e. The van der Waals surface area contributed by atoms with Crippen LogP contribution in [0.4, 0.5) is 4.39 Å². The highest BCUT2D eigenvalue weighted by Crippen LogP contribution is 2.22. The second-order valence-corrected chi connectivity index (χ2v) is 5.52. The monoisotopic (exact) mass is 277 g/mol. The molecule has 2 aromatic rings. The Morgan fingerprint density at radius 2 is 2.00 bits per heavy atom. The number of aryl methyl sites for hydroxylation is 2. The summed E-state index contributed by atoms with van der Waals surface area (Å²) in [6, 6.07) is 8.06. The van der Waals surface area contributed by atoms with Crippen molar-refractivity contribution in [2.24, 2.45) is 0 Å². The van der Waals surface area contributed by atoms with Crippen molar-refractivity contribution in [3.8, 4) is 0 Å². The van der Waals surface area contributed by atoms with Gasteiger partial charge in [0.05, 0.1) is 4.88 Å². The summed E-state index contributed by atoms with van der Waals surface area (Å²) in [6.07, 6.45) is 0.946. The lowest BCUT2D eigenvalue weighted by Crippen LogP contribution is -2.21. The standard InChI is InChI=1S/C15H16FNOS/c1-3-13-10(2)8-14(19-13)15(18)17-9-11-4-6-12(16)7-5-11/h4-8H,3,9H2,1-2H3,(H,17,18). The lowest BCUT2D eigenvalue weighted by Gasteiger charge is -2.03. The van der Waals surface area contributed by atoms with Crippen LogP contribution in [-0.4, -0.2) is 5.91 Å². The number of carbonyl (C=O) groups excluding carboxylic acids is 1. The van der Waals surface area contributed by atoms with Gasteiger partial charge in [0, 0.05) is 11.4 Å². The summed E-state index contributed by atoms with van der Waals surface area (Å²) in [5.74, 6) is -0.339. The van der Waals surface area contributed by atoms with Crippen LogP contribution in [-0.2, 0) is 13.0 Å². The van der Waals surface area contributed by atoms with E-state index >= 15 is 0 Å². The van der Waals surface area contributed by atoms with E-state index in [1.54, 1.807) is 12.1 Å². The molecule has 0 aliphatic rings. The van der Waals surface area contributed by atoms with Crippen molar-refractivity contribution < 1.29 is 9.18 Å². The molecule has 0 saturated heterocycles. The van der Waals surface area contributed by atoms with Gasteiger partial charge >= 0.3 is 0 Å². The number of carbonyl (C=O) groups is 1. The van der Waals surface area contributed by atoms with Gasteiger partial charge in [-0.3, -0.25) is 4.79 Å². The van der Waals surface area contributed by atoms with E-state index < -0.39 is 0 Å². The second kappa shape index (κ2) is 5.97. The van der Waals surface area contributed by atoms with Gasteiger partial charge < -0.3 is 5.32 Å². The van der Waals surface area contributed by atoms with Crippen LogP contribution >= 0.6 is 11.3 Å². The molecular weight excluding hydrogens is 261 g/mol. The first kappa shape index (κ1) is 13.7. The van der Waals surface area contributed by atoms with E-state index in [1.165, 1.54) is 33.9 Å². The quantitative estimate of drug-likeness (QED) is 0.907. The number of rotatable bonds is 4. The van der Waals surface area contributed by atoms with Crippen molar-refractivity contribution in [3.05, 3.63) is 57.0 Å². The molecule has 0 atom stereocenters. The molecular formula is C15H16FNOS. The average molecular weight is 277 g/mol. The zero-order valence-corrected chi connectivity index (χ0v) is 11.8. The number of thiophene rings is 1. The van der Waals surface area contributed by atoms with Gasteiger partial charge in [-0.05, 0) is 42.7 Å². The fraction of sp³-hybridized carbons (Fsp3) is 0.267. The molecule has 1 aromatic carbocycles. The van der Waals surface area contributed by atoms with Crippen LogP contribution in [0.2, 0.25) is 0 Å². The van der Waals surface area contributed by atoms with Gasteiger partial charge in [-0.15, -0.1) is 11.3 Å². The van der Waals surface area contributed by atoms with E-state index in [4.69, 9.17) is 0 Å². The van der Waals surface area contributed by atoms with E-state index in [0.29, 0.717) is 6.54 Å². The highest BCUT2D eigenvalue weighted by atomic mass is 32.1. The maximum absolute atomic E-state index is 12.8. The van der Waals surface area contributed by atoms with Gasteiger partial charge in [0.25, 0.3) is 5.91 Å². The van der Waals surface area contributed by atoms with Crippen molar-refractivity contribution in [1.82, 2.24) is 5.32 Å². The van der Waals surface area contributed by atoms with Crippen molar-refractivity contribution in [3.63, 3.8) is 0 Å². The molecule has 1 N–H and O–H groups in total. The molecule has 19 heavy (non-hydrogen) atoms. The molecule has 0 aliphatic heterocycles. The summed E-state index contributed by atoms with van der Waals surface area (Å²) < 4.78 is 12.8. The van der Waals surface area contributed by atoms with Gasteiger partial charge in [0.2, 0.25) is 0 Å². The fourth-order valence-electron chi connectivity index (χ4n) is 1.85. The highest BCUT2D eigenvalue weighted by Gasteiger charge is 2.11. The summed E-state index contributed by atoms with van der Waals surface area (Å²) in [6.45, 7) is 4.52. The molecule has 0 radical (unpaired) electrons. The molecule has 0 saturated carbocycles. The van der Waals surface area contributed by atoms with E-state index in [0.717, 1.165) is 16.9 Å². The van der Waals surface area contributed by atoms with E-state index in [2.05, 4.69) is 12.2 Å². The summed E-state index contributed by atoms with van der Waals surface area (Å²) >= 11 is 1.53. The smallest absolute Gasteiger partial charge is 0.261 e. The summed E-state index contributed by atoms with van der Waals surface area (Å²) in [5.41, 5.74) is 2.05. The maximum Gasteiger partial charge on any atom is 0.261 e. The van der Waals surface area contributed by atoms with Gasteiger partial charge in [-0.1, -0.05) is 19.1 Å². The van der Waals surface area contributed by atoms with Gasteiger partial charge in [-0.25, -0.2) is 4.39 Å². The predicted molar refractivity (Wildman–Crippen MR) is 76.0 cm³/mol. The molecule has 2 rings (SSSR count). The van der Waals surface area contributed by atoms with E-state index in [9.17, 15) is 9.18 Å². The predicted octanol–water partition coefficient (Wildman–Crippen LogP) is 3.69. The Bertz CT molecular complexity index is 574. The Labute approximate surface area is 116 Å². The van der Waals surface area contributed by atoms with Crippen molar-refractivity contribution in [2.45, 2.75) is 26.8 Å². The third-order valence-corrected chi connectivity index (χ3v) is 4.31. The highest BCUT2D eigenvalue weighted by molar-refractivity contribution is 7.14. The molecule has 2 nitrogen and oxygen atoms in total. The zero-order chi connectivity index (χ0) is 13.8. The van der Waals surface area contributed by atoms with Crippen molar-refractivity contribution in [1.29, 1.82) is 0 Å². The minimum atomic E-state index is -0.267. The Kier molecular flexibility index (Phi) is 4.32. The molecule has 0 bridgehead atoms. The van der Waals surface area contributed by atoms with E-state index in [-0.39, 0.29) is 11.7 Å². The molecule has 1 amide bonds. The molecule has 0 aliphatic carbocycles. The largest absolute Gasteiger partial charge is 0.347 e. The molecule has 4 heteroatoms. The first-order valence-corrected chi connectivity index (χ1v) is 7.03. The number of benzene rings is 1. The number of amides is 1. The topological polar surface area (TPSA) is 29.1 Å². The van der Waals surface area contributed by atoms with Crippen LogP contribution in [0.5, 0.6) is 0 Å². The minimum absolute atomic E-state index is 0.0721. The lowest BCUT2D eigenvalue weighted by molar-refractivity contribution is 0.0955. The summed E-state index contributed by atoms with van der Waals surface area (Å²) in [5, 5.41) is 2.85. The van der Waals surface area contributed by atoms with Crippen LogP contribution in [0.25, 0.3) is 0 Å². The van der Waals surface area contributed by atoms with Gasteiger partial charge in [0.1, 0.15) is 5.82 Å². The molecule has 1 heterocycles. The van der Waals surface area contributed by atoms with Crippen LogP contribution in [0.3, 0.4) is 0 Å². The summed E-state index contributed by atoms with van der Waals surface area (Å²) in [7, 11) is 0. The van der Waals surface area contributed by atoms with Crippen LogP contribution in [0.15, 0.2) is 30.3 Å². The first-order chi connectivity index (χ1) is 9.10. The maximum atomic E-state index is 12.8. The van der Waals surface area contributed by atoms with Gasteiger partial charge in [-0.2, -0.15) is 0 Å². The van der Waals surface area contributed by atoms with Crippen LogP contribution in [0.1, 0.15) is 32.6 Å². The summed E-state index contributed by atoms with van der Waals surface area (Å²) in [4.78, 5) is 14.0. The molecule has 0 unspecified atom stereocenters. The van der Waals surface area contributed by atoms with Crippen molar-refractivity contribution >= 4 is 17.2 Å². The molecule has 1 aromatic heterocycles. The number of halogens is 1. The Balaban J connectivity index is 1.99.